The molecule has 0 spiro atoms. The van der Waals surface area contributed by atoms with E-state index in [0.717, 1.165) is 16.3 Å². The van der Waals surface area contributed by atoms with E-state index in [1.807, 2.05) is 25.1 Å². The summed E-state index contributed by atoms with van der Waals surface area (Å²) in [5.41, 5.74) is 1.22. The maximum Gasteiger partial charge on any atom is 0.340 e. The van der Waals surface area contributed by atoms with Crippen LogP contribution >= 0.6 is 11.8 Å². The quantitative estimate of drug-likeness (QED) is 0.442. The van der Waals surface area contributed by atoms with Gasteiger partial charge in [0.2, 0.25) is 0 Å². The lowest BCUT2D eigenvalue weighted by Crippen LogP contribution is -2.35. The summed E-state index contributed by atoms with van der Waals surface area (Å²) in [6.07, 6.45) is 0.672. The topological polar surface area (TPSA) is 81.4 Å². The summed E-state index contributed by atoms with van der Waals surface area (Å²) in [4.78, 5) is 25.0. The van der Waals surface area contributed by atoms with Crippen molar-refractivity contribution in [3.63, 3.8) is 0 Å². The van der Waals surface area contributed by atoms with Crippen molar-refractivity contribution in [1.29, 1.82) is 0 Å². The molecule has 0 saturated carbocycles. The van der Waals surface area contributed by atoms with Gasteiger partial charge in [-0.2, -0.15) is 0 Å². The molecule has 1 aromatic heterocycles. The van der Waals surface area contributed by atoms with E-state index in [4.69, 9.17) is 9.26 Å². The lowest BCUT2D eigenvalue weighted by molar-refractivity contribution is -0.128. The van der Waals surface area contributed by atoms with Gasteiger partial charge in [0.25, 0.3) is 5.91 Å². The minimum atomic E-state index is -0.887. The highest BCUT2D eigenvalue weighted by atomic mass is 32.2. The molecule has 0 fully saturated rings. The number of carbonyl (C=O) groups excluding carboxylic acids is 2. The lowest BCUT2D eigenvalue weighted by atomic mass is 10.2. The summed E-state index contributed by atoms with van der Waals surface area (Å²) in [5, 5.41) is 6.43. The third-order valence-corrected chi connectivity index (χ3v) is 4.32. The van der Waals surface area contributed by atoms with Gasteiger partial charge in [0.05, 0.1) is 17.0 Å². The van der Waals surface area contributed by atoms with Crippen molar-refractivity contribution < 1.29 is 18.8 Å². The molecule has 1 heterocycles. The van der Waals surface area contributed by atoms with E-state index in [1.54, 1.807) is 18.2 Å². The number of carbonyl (C=O) groups is 2. The first-order valence-electron chi connectivity index (χ1n) is 7.75. The highest BCUT2D eigenvalue weighted by Gasteiger charge is 2.20. The van der Waals surface area contributed by atoms with Gasteiger partial charge in [0.1, 0.15) is 5.76 Å². The van der Waals surface area contributed by atoms with Crippen molar-refractivity contribution in [3.05, 3.63) is 60.0 Å². The number of ether oxygens (including phenoxy) is 1. The molecule has 0 radical (unpaired) electrons. The molecule has 1 N–H and O–H groups in total. The number of nitrogens with one attached hydrogen (secondary N) is 1. The predicted molar refractivity (Wildman–Crippen MR) is 95.3 cm³/mol. The third kappa shape index (κ3) is 5.49. The first-order chi connectivity index (χ1) is 12.0. The van der Waals surface area contributed by atoms with Crippen molar-refractivity contribution in [3.8, 4) is 0 Å². The number of esters is 1. The fourth-order valence-electron chi connectivity index (χ4n) is 1.99. The normalized spacial score (nSPS) is 11.6. The summed E-state index contributed by atoms with van der Waals surface area (Å²) in [5.74, 6) is 0.358. The second-order valence-electron chi connectivity index (χ2n) is 5.30. The summed E-state index contributed by atoms with van der Waals surface area (Å²) in [7, 11) is 0. The smallest absolute Gasteiger partial charge is 0.340 e. The number of thioether (sulfide) groups is 1. The first kappa shape index (κ1) is 18.8. The molecule has 0 saturated heterocycles. The molecule has 0 unspecified atom stereocenters. The fourth-order valence-corrected chi connectivity index (χ4v) is 2.90. The molecule has 1 amide bonds. The van der Waals surface area contributed by atoms with E-state index in [2.05, 4.69) is 17.1 Å². The predicted octanol–water partition coefficient (Wildman–Crippen LogP) is 3.12. The van der Waals surface area contributed by atoms with Gasteiger partial charge in [-0.25, -0.2) is 4.79 Å². The highest BCUT2D eigenvalue weighted by Crippen LogP contribution is 2.27. The second kappa shape index (κ2) is 9.08. The van der Waals surface area contributed by atoms with Crippen molar-refractivity contribution in [1.82, 2.24) is 10.5 Å². The Hall–Kier alpha value is -2.54. The van der Waals surface area contributed by atoms with E-state index in [1.165, 1.54) is 18.7 Å². The van der Waals surface area contributed by atoms with Gasteiger partial charge in [-0.1, -0.05) is 23.4 Å². The van der Waals surface area contributed by atoms with Crippen LogP contribution in [0, 0.1) is 6.92 Å². The average molecular weight is 360 g/mol. The monoisotopic (exact) mass is 360 g/mol. The van der Waals surface area contributed by atoms with Crippen LogP contribution in [-0.2, 0) is 15.3 Å². The van der Waals surface area contributed by atoms with E-state index in [0.29, 0.717) is 17.9 Å². The Kier molecular flexibility index (Phi) is 6.82. The van der Waals surface area contributed by atoms with Crippen LogP contribution in [0.1, 0.15) is 28.7 Å². The number of benzene rings is 1. The summed E-state index contributed by atoms with van der Waals surface area (Å²) >= 11 is 1.44. The van der Waals surface area contributed by atoms with Crippen molar-refractivity contribution in [2.45, 2.75) is 30.6 Å². The lowest BCUT2D eigenvalue weighted by Gasteiger charge is -2.14. The zero-order valence-electron chi connectivity index (χ0n) is 14.2. The molecule has 2 aromatic rings. The molecule has 0 aliphatic heterocycles. The Morgan fingerprint density at radius 3 is 2.88 bits per heavy atom. The van der Waals surface area contributed by atoms with Gasteiger partial charge in [-0.05, 0) is 26.0 Å². The Morgan fingerprint density at radius 1 is 1.44 bits per heavy atom. The largest absolute Gasteiger partial charge is 0.449 e. The van der Waals surface area contributed by atoms with Gasteiger partial charge < -0.3 is 14.6 Å². The third-order valence-electron chi connectivity index (χ3n) is 3.23. The fraction of sp³-hybridized carbons (Fsp3) is 0.278. The number of hydrogen-bond donors (Lipinski definition) is 1. The van der Waals surface area contributed by atoms with Crippen molar-refractivity contribution >= 4 is 23.6 Å². The van der Waals surface area contributed by atoms with Crippen LogP contribution in [0.2, 0.25) is 0 Å². The van der Waals surface area contributed by atoms with Crippen LogP contribution < -0.4 is 5.32 Å². The van der Waals surface area contributed by atoms with Crippen LogP contribution in [0.5, 0.6) is 0 Å². The van der Waals surface area contributed by atoms with Crippen LogP contribution in [0.4, 0.5) is 0 Å². The summed E-state index contributed by atoms with van der Waals surface area (Å²) in [6, 6.07) is 8.93. The van der Waals surface area contributed by atoms with Gasteiger partial charge in [-0.3, -0.25) is 4.79 Å². The van der Waals surface area contributed by atoms with Gasteiger partial charge in [-0.15, -0.1) is 18.3 Å². The van der Waals surface area contributed by atoms with Gasteiger partial charge in [0, 0.05) is 17.5 Å². The Balaban J connectivity index is 2.01. The van der Waals surface area contributed by atoms with Crippen LogP contribution in [0.15, 0.2) is 52.4 Å². The molecule has 2 rings (SSSR count). The standard InChI is InChI=1S/C18H20N2O4S/c1-4-9-19-17(21)13(3)23-18(22)15-7-5-6-8-16(15)25-11-14-10-12(2)20-24-14/h4-8,10,13H,1,9,11H2,2-3H3,(H,19,21)/t13-/m1/s1. The number of hydrogen-bond acceptors (Lipinski definition) is 6. The van der Waals surface area contributed by atoms with E-state index in [9.17, 15) is 9.59 Å². The molecule has 6 nitrogen and oxygen atoms in total. The van der Waals surface area contributed by atoms with Crippen molar-refractivity contribution in [2.24, 2.45) is 0 Å². The Labute approximate surface area is 150 Å². The summed E-state index contributed by atoms with van der Waals surface area (Å²) in [6.45, 7) is 7.22. The van der Waals surface area contributed by atoms with Crippen LogP contribution in [0.25, 0.3) is 0 Å². The number of aromatic nitrogens is 1. The van der Waals surface area contributed by atoms with E-state index >= 15 is 0 Å². The molecule has 25 heavy (non-hydrogen) atoms. The molecule has 132 valence electrons. The zero-order chi connectivity index (χ0) is 18.2. The maximum absolute atomic E-state index is 12.4. The molecular weight excluding hydrogens is 340 g/mol. The summed E-state index contributed by atoms with van der Waals surface area (Å²) < 4.78 is 10.4. The molecule has 0 bridgehead atoms. The maximum atomic E-state index is 12.4. The minimum absolute atomic E-state index is 0.323. The van der Waals surface area contributed by atoms with Crippen LogP contribution in [-0.4, -0.2) is 29.7 Å². The second-order valence-corrected chi connectivity index (χ2v) is 6.32. The zero-order valence-corrected chi connectivity index (χ0v) is 15.0. The molecule has 1 atom stereocenters. The highest BCUT2D eigenvalue weighted by molar-refractivity contribution is 7.98. The first-order valence-corrected chi connectivity index (χ1v) is 8.73. The number of rotatable bonds is 8. The van der Waals surface area contributed by atoms with E-state index in [-0.39, 0.29) is 5.91 Å². The molecule has 1 aromatic carbocycles. The van der Waals surface area contributed by atoms with Gasteiger partial charge >= 0.3 is 5.97 Å². The molecule has 0 aliphatic carbocycles. The Morgan fingerprint density at radius 2 is 2.20 bits per heavy atom. The van der Waals surface area contributed by atoms with E-state index < -0.39 is 12.1 Å². The number of amides is 1. The molecule has 0 aliphatic rings. The number of aryl methyl sites for hydroxylation is 1. The van der Waals surface area contributed by atoms with Crippen LogP contribution in [0.3, 0.4) is 0 Å². The van der Waals surface area contributed by atoms with Crippen molar-refractivity contribution in [2.75, 3.05) is 6.54 Å². The average Bonchev–Trinajstić information content (AvgIpc) is 3.03. The minimum Gasteiger partial charge on any atom is -0.449 e. The molecule has 7 heteroatoms. The Bertz CT molecular complexity index is 757. The number of nitrogens with zero attached hydrogens (tertiary/aromatic N) is 1. The molecular formula is C18H20N2O4S. The van der Waals surface area contributed by atoms with Gasteiger partial charge in [0.15, 0.2) is 6.10 Å². The SMILES string of the molecule is C=CCNC(=O)[C@@H](C)OC(=O)c1ccccc1SCc1cc(C)no1.